The van der Waals surface area contributed by atoms with Crippen LogP contribution in [0.15, 0.2) is 47.2 Å². The Morgan fingerprint density at radius 3 is 2.47 bits per heavy atom. The molecule has 3 nitrogen and oxygen atoms in total. The molecule has 0 saturated heterocycles. The maximum absolute atomic E-state index is 11.7. The van der Waals surface area contributed by atoms with Crippen molar-refractivity contribution in [2.75, 3.05) is 6.54 Å². The predicted molar refractivity (Wildman–Crippen MR) is 67.4 cm³/mol. The first-order valence-electron chi connectivity index (χ1n) is 5.16. The Bertz CT molecular complexity index is 505. The molecule has 0 spiro atoms. The van der Waals surface area contributed by atoms with E-state index in [9.17, 15) is 9.59 Å². The van der Waals surface area contributed by atoms with Gasteiger partial charge < -0.3 is 5.32 Å². The molecule has 0 saturated carbocycles. The highest BCUT2D eigenvalue weighted by molar-refractivity contribution is 7.08. The van der Waals surface area contributed by atoms with E-state index in [0.29, 0.717) is 11.1 Å². The van der Waals surface area contributed by atoms with E-state index in [1.807, 2.05) is 11.4 Å². The van der Waals surface area contributed by atoms with Gasteiger partial charge in [0.25, 0.3) is 5.91 Å². The van der Waals surface area contributed by atoms with Gasteiger partial charge in [-0.2, -0.15) is 11.3 Å². The maximum Gasteiger partial charge on any atom is 0.252 e. The molecule has 86 valence electrons. The number of amides is 1. The highest BCUT2D eigenvalue weighted by atomic mass is 32.1. The van der Waals surface area contributed by atoms with Crippen molar-refractivity contribution in [3.63, 3.8) is 0 Å². The fraction of sp³-hybridized carbons (Fsp3) is 0.0769. The number of rotatable bonds is 4. The highest BCUT2D eigenvalue weighted by Crippen LogP contribution is 2.05. The average molecular weight is 245 g/mol. The Kier molecular flexibility index (Phi) is 3.67. The van der Waals surface area contributed by atoms with Gasteiger partial charge in [0.1, 0.15) is 0 Å². The molecule has 0 unspecified atom stereocenters. The SMILES string of the molecule is O=C(CNC(=O)c1ccsc1)c1ccccc1. The minimum Gasteiger partial charge on any atom is -0.345 e. The summed E-state index contributed by atoms with van der Waals surface area (Å²) in [5.41, 5.74) is 1.20. The van der Waals surface area contributed by atoms with Gasteiger partial charge in [0, 0.05) is 16.5 Å². The molecule has 0 aliphatic heterocycles. The molecule has 0 radical (unpaired) electrons. The van der Waals surface area contributed by atoms with Gasteiger partial charge in [0.2, 0.25) is 0 Å². The largest absolute Gasteiger partial charge is 0.345 e. The predicted octanol–water partition coefficient (Wildman–Crippen LogP) is 2.36. The second-order valence-corrected chi connectivity index (χ2v) is 4.26. The fourth-order valence-electron chi connectivity index (χ4n) is 1.38. The summed E-state index contributed by atoms with van der Waals surface area (Å²) in [6, 6.07) is 10.6. The summed E-state index contributed by atoms with van der Waals surface area (Å²) < 4.78 is 0. The van der Waals surface area contributed by atoms with Crippen molar-refractivity contribution in [3.8, 4) is 0 Å². The van der Waals surface area contributed by atoms with Crippen molar-refractivity contribution in [1.29, 1.82) is 0 Å². The van der Waals surface area contributed by atoms with Crippen molar-refractivity contribution in [1.82, 2.24) is 5.32 Å². The smallest absolute Gasteiger partial charge is 0.252 e. The van der Waals surface area contributed by atoms with Crippen LogP contribution >= 0.6 is 11.3 Å². The number of nitrogens with one attached hydrogen (secondary N) is 1. The summed E-state index contributed by atoms with van der Waals surface area (Å²) in [5.74, 6) is -0.301. The molecule has 1 aromatic carbocycles. The zero-order valence-corrected chi connectivity index (χ0v) is 9.87. The standard InChI is InChI=1S/C13H11NO2S/c15-12(10-4-2-1-3-5-10)8-14-13(16)11-6-7-17-9-11/h1-7,9H,8H2,(H,14,16). The lowest BCUT2D eigenvalue weighted by molar-refractivity contribution is 0.0904. The molecule has 0 atom stereocenters. The molecule has 1 N–H and O–H groups in total. The van der Waals surface area contributed by atoms with Gasteiger partial charge in [-0.1, -0.05) is 30.3 Å². The molecule has 0 fully saturated rings. The second kappa shape index (κ2) is 5.41. The van der Waals surface area contributed by atoms with E-state index in [0.717, 1.165) is 0 Å². The molecule has 0 bridgehead atoms. The Morgan fingerprint density at radius 1 is 1.06 bits per heavy atom. The number of hydrogen-bond donors (Lipinski definition) is 1. The number of thiophene rings is 1. The van der Waals surface area contributed by atoms with Gasteiger partial charge in [0.05, 0.1) is 6.54 Å². The fourth-order valence-corrected chi connectivity index (χ4v) is 2.02. The van der Waals surface area contributed by atoms with Crippen LogP contribution in [0.2, 0.25) is 0 Å². The third-order valence-corrected chi connectivity index (χ3v) is 2.97. The Labute approximate surface area is 103 Å². The van der Waals surface area contributed by atoms with Gasteiger partial charge in [-0.25, -0.2) is 0 Å². The van der Waals surface area contributed by atoms with Crippen LogP contribution in [0.25, 0.3) is 0 Å². The van der Waals surface area contributed by atoms with Crippen molar-refractivity contribution in [2.45, 2.75) is 0 Å². The third kappa shape index (κ3) is 3.01. The zero-order chi connectivity index (χ0) is 12.1. The molecule has 0 aliphatic rings. The summed E-state index contributed by atoms with van der Waals surface area (Å²) in [6.07, 6.45) is 0. The van der Waals surface area contributed by atoms with E-state index in [-0.39, 0.29) is 18.2 Å². The molecule has 2 rings (SSSR count). The Hall–Kier alpha value is -1.94. The van der Waals surface area contributed by atoms with E-state index < -0.39 is 0 Å². The van der Waals surface area contributed by atoms with Crippen molar-refractivity contribution < 1.29 is 9.59 Å². The van der Waals surface area contributed by atoms with Gasteiger partial charge in [-0.05, 0) is 11.4 Å². The van der Waals surface area contributed by atoms with Crippen LogP contribution in [-0.4, -0.2) is 18.2 Å². The Morgan fingerprint density at radius 2 is 1.82 bits per heavy atom. The second-order valence-electron chi connectivity index (χ2n) is 3.48. The average Bonchev–Trinajstić information content (AvgIpc) is 2.90. The molecule has 1 aromatic heterocycles. The Balaban J connectivity index is 1.91. The van der Waals surface area contributed by atoms with E-state index in [1.54, 1.807) is 35.7 Å². The minimum absolute atomic E-state index is 0.0265. The lowest BCUT2D eigenvalue weighted by Gasteiger charge is -2.03. The molecular weight excluding hydrogens is 234 g/mol. The molecular formula is C13H11NO2S. The minimum atomic E-state index is -0.212. The number of hydrogen-bond acceptors (Lipinski definition) is 3. The summed E-state index contributed by atoms with van der Waals surface area (Å²) in [4.78, 5) is 23.3. The first-order valence-corrected chi connectivity index (χ1v) is 6.10. The topological polar surface area (TPSA) is 46.2 Å². The van der Waals surface area contributed by atoms with Gasteiger partial charge >= 0.3 is 0 Å². The van der Waals surface area contributed by atoms with Crippen molar-refractivity contribution >= 4 is 23.0 Å². The molecule has 4 heteroatoms. The van der Waals surface area contributed by atoms with Crippen LogP contribution in [0.5, 0.6) is 0 Å². The number of carbonyl (C=O) groups is 2. The number of benzene rings is 1. The summed E-state index contributed by atoms with van der Waals surface area (Å²) in [7, 11) is 0. The molecule has 17 heavy (non-hydrogen) atoms. The molecule has 2 aromatic rings. The van der Waals surface area contributed by atoms with Crippen molar-refractivity contribution in [2.24, 2.45) is 0 Å². The van der Waals surface area contributed by atoms with Crippen LogP contribution in [-0.2, 0) is 0 Å². The van der Waals surface area contributed by atoms with E-state index >= 15 is 0 Å². The van der Waals surface area contributed by atoms with Crippen LogP contribution in [0, 0.1) is 0 Å². The molecule has 1 heterocycles. The van der Waals surface area contributed by atoms with Gasteiger partial charge in [-0.15, -0.1) is 0 Å². The van der Waals surface area contributed by atoms with Gasteiger partial charge in [-0.3, -0.25) is 9.59 Å². The zero-order valence-electron chi connectivity index (χ0n) is 9.05. The van der Waals surface area contributed by atoms with Crippen LogP contribution in [0.3, 0.4) is 0 Å². The van der Waals surface area contributed by atoms with Crippen LogP contribution in [0.4, 0.5) is 0 Å². The highest BCUT2D eigenvalue weighted by Gasteiger charge is 2.09. The molecule has 1 amide bonds. The summed E-state index contributed by atoms with van der Waals surface area (Å²) in [5, 5.41) is 6.18. The first kappa shape index (κ1) is 11.5. The number of carbonyl (C=O) groups excluding carboxylic acids is 2. The quantitative estimate of drug-likeness (QED) is 0.840. The molecule has 0 aliphatic carbocycles. The van der Waals surface area contributed by atoms with Crippen LogP contribution < -0.4 is 5.32 Å². The van der Waals surface area contributed by atoms with E-state index in [4.69, 9.17) is 0 Å². The van der Waals surface area contributed by atoms with E-state index in [2.05, 4.69) is 5.32 Å². The normalized spacial score (nSPS) is 9.88. The lowest BCUT2D eigenvalue weighted by atomic mass is 10.1. The lowest BCUT2D eigenvalue weighted by Crippen LogP contribution is -2.29. The van der Waals surface area contributed by atoms with Gasteiger partial charge in [0.15, 0.2) is 5.78 Å². The van der Waals surface area contributed by atoms with E-state index in [1.165, 1.54) is 11.3 Å². The number of ketones is 1. The third-order valence-electron chi connectivity index (χ3n) is 2.29. The summed E-state index contributed by atoms with van der Waals surface area (Å²) in [6.45, 7) is 0.0265. The van der Waals surface area contributed by atoms with Crippen molar-refractivity contribution in [3.05, 3.63) is 58.3 Å². The maximum atomic E-state index is 11.7. The summed E-state index contributed by atoms with van der Waals surface area (Å²) >= 11 is 1.45. The number of Topliss-reactive ketones (excluding diaryl/α,β-unsaturated/α-hetero) is 1. The van der Waals surface area contributed by atoms with Crippen LogP contribution in [0.1, 0.15) is 20.7 Å². The first-order chi connectivity index (χ1) is 8.27. The monoisotopic (exact) mass is 245 g/mol.